The van der Waals surface area contributed by atoms with E-state index in [2.05, 4.69) is 16.8 Å². The van der Waals surface area contributed by atoms with Gasteiger partial charge in [0.05, 0.1) is 19.6 Å². The quantitative estimate of drug-likeness (QED) is 0.567. The standard InChI is InChI=1S/C29H37N3O5S/c1-21-18-32(22(2)20-33)38(35,36)28-11-10-24(9-8-23-6-4-5-7-23)16-26(28)37-27(21)19-31(3)29(34)17-25-12-14-30-15-13-25/h10-16,21-23,27,33H,4-7,17-20H2,1-3H3/t21-,22-,27+/m0/s1. The number of fused-ring (bicyclic) bond motifs is 1. The number of nitrogens with zero attached hydrogens (tertiary/aromatic N) is 3. The summed E-state index contributed by atoms with van der Waals surface area (Å²) in [5, 5.41) is 9.84. The van der Waals surface area contributed by atoms with E-state index in [1.54, 1.807) is 49.5 Å². The summed E-state index contributed by atoms with van der Waals surface area (Å²) in [5.74, 6) is 6.81. The van der Waals surface area contributed by atoms with E-state index < -0.39 is 22.2 Å². The minimum Gasteiger partial charge on any atom is -0.487 e. The maximum atomic E-state index is 13.7. The van der Waals surface area contributed by atoms with Crippen molar-refractivity contribution in [2.24, 2.45) is 11.8 Å². The van der Waals surface area contributed by atoms with E-state index in [1.807, 2.05) is 19.1 Å². The van der Waals surface area contributed by atoms with Crippen LogP contribution in [-0.2, 0) is 21.2 Å². The van der Waals surface area contributed by atoms with Gasteiger partial charge in [-0.1, -0.05) is 31.6 Å². The Morgan fingerprint density at radius 2 is 1.95 bits per heavy atom. The number of carbonyl (C=O) groups is 1. The summed E-state index contributed by atoms with van der Waals surface area (Å²) in [6, 6.07) is 7.97. The van der Waals surface area contributed by atoms with Crippen LogP contribution in [0.15, 0.2) is 47.6 Å². The molecule has 1 saturated carbocycles. The first kappa shape index (κ1) is 28.1. The van der Waals surface area contributed by atoms with Gasteiger partial charge in [0.1, 0.15) is 16.7 Å². The highest BCUT2D eigenvalue weighted by atomic mass is 32.2. The van der Waals surface area contributed by atoms with Crippen molar-refractivity contribution < 1.29 is 23.1 Å². The van der Waals surface area contributed by atoms with Gasteiger partial charge in [-0.2, -0.15) is 4.31 Å². The monoisotopic (exact) mass is 539 g/mol. The second-order valence-electron chi connectivity index (χ2n) is 10.5. The Hall–Kier alpha value is -2.93. The van der Waals surface area contributed by atoms with Crippen LogP contribution in [-0.4, -0.2) is 72.5 Å². The number of aromatic nitrogens is 1. The van der Waals surface area contributed by atoms with E-state index in [0.717, 1.165) is 18.4 Å². The van der Waals surface area contributed by atoms with E-state index in [0.29, 0.717) is 11.5 Å². The number of pyridine rings is 1. The first-order valence-electron chi connectivity index (χ1n) is 13.3. The molecule has 3 atom stereocenters. The number of benzene rings is 1. The Balaban J connectivity index is 1.64. The van der Waals surface area contributed by atoms with Gasteiger partial charge in [0.25, 0.3) is 0 Å². The van der Waals surface area contributed by atoms with Gasteiger partial charge in [0.15, 0.2) is 0 Å². The summed E-state index contributed by atoms with van der Waals surface area (Å²) in [5.41, 5.74) is 1.56. The zero-order valence-electron chi connectivity index (χ0n) is 22.3. The number of ether oxygens (including phenoxy) is 1. The van der Waals surface area contributed by atoms with E-state index in [1.165, 1.54) is 17.1 Å². The van der Waals surface area contributed by atoms with Crippen LogP contribution in [0.4, 0.5) is 0 Å². The van der Waals surface area contributed by atoms with Gasteiger partial charge in [-0.15, -0.1) is 0 Å². The van der Waals surface area contributed by atoms with Crippen molar-refractivity contribution in [3.8, 4) is 17.6 Å². The molecule has 2 aliphatic rings. The first-order valence-corrected chi connectivity index (χ1v) is 14.7. The average Bonchev–Trinajstić information content (AvgIpc) is 3.43. The maximum absolute atomic E-state index is 13.7. The fourth-order valence-electron chi connectivity index (χ4n) is 4.96. The number of hydrogen-bond acceptors (Lipinski definition) is 6. The second-order valence-corrected chi connectivity index (χ2v) is 12.3. The van der Waals surface area contributed by atoms with Crippen LogP contribution in [0.3, 0.4) is 0 Å². The molecular weight excluding hydrogens is 502 g/mol. The molecule has 0 radical (unpaired) electrons. The van der Waals surface area contributed by atoms with Gasteiger partial charge < -0.3 is 14.7 Å². The highest BCUT2D eigenvalue weighted by Crippen LogP contribution is 2.34. The first-order chi connectivity index (χ1) is 18.2. The van der Waals surface area contributed by atoms with Gasteiger partial charge in [0.2, 0.25) is 15.9 Å². The molecule has 8 nitrogen and oxygen atoms in total. The molecule has 1 aromatic carbocycles. The largest absolute Gasteiger partial charge is 0.487 e. The molecule has 1 aromatic heterocycles. The predicted octanol–water partition coefficient (Wildman–Crippen LogP) is 3.09. The predicted molar refractivity (Wildman–Crippen MR) is 145 cm³/mol. The number of aliphatic hydroxyl groups excluding tert-OH is 1. The Kier molecular flexibility index (Phi) is 9.08. The van der Waals surface area contributed by atoms with Crippen LogP contribution in [0.2, 0.25) is 0 Å². The lowest BCUT2D eigenvalue weighted by molar-refractivity contribution is -0.130. The summed E-state index contributed by atoms with van der Waals surface area (Å²) in [6.07, 6.45) is 7.65. The third-order valence-electron chi connectivity index (χ3n) is 7.43. The van der Waals surface area contributed by atoms with Crippen molar-refractivity contribution in [1.29, 1.82) is 0 Å². The molecule has 4 rings (SSSR count). The van der Waals surface area contributed by atoms with Crippen molar-refractivity contribution in [1.82, 2.24) is 14.2 Å². The van der Waals surface area contributed by atoms with Crippen LogP contribution in [0.1, 0.15) is 50.7 Å². The van der Waals surface area contributed by atoms with Gasteiger partial charge in [-0.05, 0) is 55.7 Å². The average molecular weight is 540 g/mol. The Labute approximate surface area is 226 Å². The summed E-state index contributed by atoms with van der Waals surface area (Å²) in [7, 11) is -2.20. The minimum atomic E-state index is -3.93. The van der Waals surface area contributed by atoms with Gasteiger partial charge in [0, 0.05) is 49.4 Å². The molecule has 1 amide bonds. The Morgan fingerprint density at radius 3 is 2.63 bits per heavy atom. The van der Waals surface area contributed by atoms with Gasteiger partial charge >= 0.3 is 0 Å². The van der Waals surface area contributed by atoms with Crippen molar-refractivity contribution in [2.45, 2.75) is 63.0 Å². The zero-order valence-corrected chi connectivity index (χ0v) is 23.2. The smallest absolute Gasteiger partial charge is 0.247 e. The van der Waals surface area contributed by atoms with Crippen molar-refractivity contribution in [2.75, 3.05) is 26.7 Å². The van der Waals surface area contributed by atoms with E-state index in [9.17, 15) is 18.3 Å². The van der Waals surface area contributed by atoms with E-state index >= 15 is 0 Å². The van der Waals surface area contributed by atoms with Crippen LogP contribution in [0.25, 0.3) is 0 Å². The van der Waals surface area contributed by atoms with E-state index in [4.69, 9.17) is 4.74 Å². The van der Waals surface area contributed by atoms with Crippen molar-refractivity contribution >= 4 is 15.9 Å². The molecule has 2 heterocycles. The van der Waals surface area contributed by atoms with Gasteiger partial charge in [-0.3, -0.25) is 9.78 Å². The molecule has 0 unspecified atom stereocenters. The molecule has 2 aromatic rings. The number of hydrogen-bond donors (Lipinski definition) is 1. The topological polar surface area (TPSA) is 100 Å². The molecule has 0 spiro atoms. The minimum absolute atomic E-state index is 0.0480. The third kappa shape index (κ3) is 6.55. The fraction of sp³-hybridized carbons (Fsp3) is 0.517. The summed E-state index contributed by atoms with van der Waals surface area (Å²) >= 11 is 0. The fourth-order valence-corrected chi connectivity index (χ4v) is 6.78. The molecular formula is C29H37N3O5S. The number of aliphatic hydroxyl groups is 1. The highest BCUT2D eigenvalue weighted by molar-refractivity contribution is 7.89. The molecule has 1 aliphatic carbocycles. The molecule has 1 aliphatic heterocycles. The summed E-state index contributed by atoms with van der Waals surface area (Å²) < 4.78 is 35.1. The molecule has 1 N–H and O–H groups in total. The number of likely N-dealkylation sites (N-methyl/N-ethyl adjacent to an activating group) is 1. The van der Waals surface area contributed by atoms with E-state index in [-0.39, 0.29) is 48.6 Å². The zero-order chi connectivity index (χ0) is 27.3. The highest BCUT2D eigenvalue weighted by Gasteiger charge is 2.38. The molecule has 0 bridgehead atoms. The molecule has 0 saturated heterocycles. The lowest BCUT2D eigenvalue weighted by Gasteiger charge is -2.37. The summed E-state index contributed by atoms with van der Waals surface area (Å²) in [4.78, 5) is 18.6. The summed E-state index contributed by atoms with van der Waals surface area (Å²) in [6.45, 7) is 3.73. The van der Waals surface area contributed by atoms with Crippen LogP contribution in [0, 0.1) is 23.7 Å². The number of amides is 1. The SMILES string of the molecule is C[C@H]1CN([C@@H](C)CO)S(=O)(=O)c2ccc(C#CC3CCCC3)cc2O[C@@H]1CN(C)C(=O)Cc1ccncc1. The van der Waals surface area contributed by atoms with Crippen molar-refractivity contribution in [3.05, 3.63) is 53.9 Å². The molecule has 204 valence electrons. The third-order valence-corrected chi connectivity index (χ3v) is 9.45. The lowest BCUT2D eigenvalue weighted by atomic mass is 10.0. The Morgan fingerprint density at radius 1 is 1.24 bits per heavy atom. The Bertz CT molecular complexity index is 1280. The maximum Gasteiger partial charge on any atom is 0.247 e. The van der Waals surface area contributed by atoms with Crippen LogP contribution < -0.4 is 4.74 Å². The lowest BCUT2D eigenvalue weighted by Crippen LogP contribution is -2.50. The van der Waals surface area contributed by atoms with Crippen molar-refractivity contribution in [3.63, 3.8) is 0 Å². The molecule has 1 fully saturated rings. The number of carbonyl (C=O) groups excluding carboxylic acids is 1. The van der Waals surface area contributed by atoms with Crippen LogP contribution in [0.5, 0.6) is 5.75 Å². The number of rotatable bonds is 6. The van der Waals surface area contributed by atoms with Crippen LogP contribution >= 0.6 is 0 Å². The molecule has 9 heteroatoms. The second kappa shape index (κ2) is 12.3. The molecule has 38 heavy (non-hydrogen) atoms. The normalized spacial score (nSPS) is 22.2. The number of sulfonamides is 1. The van der Waals surface area contributed by atoms with Gasteiger partial charge in [-0.25, -0.2) is 8.42 Å².